The van der Waals surface area contributed by atoms with Crippen LogP contribution in [0.25, 0.3) is 0 Å². The van der Waals surface area contributed by atoms with E-state index in [1.54, 1.807) is 26.6 Å². The molecule has 4 heteroatoms. The van der Waals surface area contributed by atoms with Crippen molar-refractivity contribution < 1.29 is 9.47 Å². The highest BCUT2D eigenvalue weighted by Crippen LogP contribution is 2.22. The zero-order valence-electron chi connectivity index (χ0n) is 10.1. The minimum atomic E-state index is -0.160. The van der Waals surface area contributed by atoms with Crippen molar-refractivity contribution in [3.05, 3.63) is 24.0 Å². The maximum atomic E-state index is 6.14. The van der Waals surface area contributed by atoms with Gasteiger partial charge in [0.15, 0.2) is 0 Å². The van der Waals surface area contributed by atoms with Gasteiger partial charge < -0.3 is 15.2 Å². The predicted molar refractivity (Wildman–Crippen MR) is 63.4 cm³/mol. The molecule has 0 fully saturated rings. The lowest BCUT2D eigenvalue weighted by molar-refractivity contribution is 0.0723. The predicted octanol–water partition coefficient (Wildman–Crippen LogP) is 1.91. The van der Waals surface area contributed by atoms with E-state index in [1.807, 2.05) is 6.07 Å². The van der Waals surface area contributed by atoms with Crippen LogP contribution in [0.4, 0.5) is 0 Å². The first-order chi connectivity index (χ1) is 7.72. The molecule has 0 aromatic carbocycles. The van der Waals surface area contributed by atoms with E-state index in [0.717, 1.165) is 24.2 Å². The van der Waals surface area contributed by atoms with Crippen molar-refractivity contribution in [2.45, 2.75) is 31.9 Å². The van der Waals surface area contributed by atoms with E-state index in [2.05, 4.69) is 11.9 Å². The molecular weight excluding hydrogens is 204 g/mol. The van der Waals surface area contributed by atoms with Gasteiger partial charge >= 0.3 is 0 Å². The summed E-state index contributed by atoms with van der Waals surface area (Å²) in [7, 11) is 3.31. The molecular formula is C12H20N2O2. The van der Waals surface area contributed by atoms with Crippen LogP contribution in [0.5, 0.6) is 5.75 Å². The summed E-state index contributed by atoms with van der Waals surface area (Å²) in [6.45, 7) is 2.11. The normalized spacial score (nSPS) is 14.5. The van der Waals surface area contributed by atoms with Gasteiger partial charge in [-0.25, -0.2) is 0 Å². The summed E-state index contributed by atoms with van der Waals surface area (Å²) in [4.78, 5) is 4.09. The van der Waals surface area contributed by atoms with Crippen LogP contribution in [0.15, 0.2) is 18.5 Å². The second-order valence-electron chi connectivity index (χ2n) is 3.75. The van der Waals surface area contributed by atoms with Crippen LogP contribution >= 0.6 is 0 Å². The fraction of sp³-hybridized carbons (Fsp3) is 0.583. The Morgan fingerprint density at radius 1 is 1.38 bits per heavy atom. The van der Waals surface area contributed by atoms with E-state index < -0.39 is 0 Å². The van der Waals surface area contributed by atoms with Crippen molar-refractivity contribution in [3.63, 3.8) is 0 Å². The molecule has 16 heavy (non-hydrogen) atoms. The topological polar surface area (TPSA) is 57.4 Å². The Labute approximate surface area is 96.8 Å². The van der Waals surface area contributed by atoms with Crippen LogP contribution in [-0.4, -0.2) is 25.3 Å². The van der Waals surface area contributed by atoms with Crippen molar-refractivity contribution in [2.75, 3.05) is 14.2 Å². The maximum absolute atomic E-state index is 6.14. The number of hydrogen-bond donors (Lipinski definition) is 1. The van der Waals surface area contributed by atoms with Gasteiger partial charge in [-0.15, -0.1) is 0 Å². The lowest BCUT2D eigenvalue weighted by Gasteiger charge is -2.22. The number of ether oxygens (including phenoxy) is 2. The molecule has 1 heterocycles. The fourth-order valence-electron chi connectivity index (χ4n) is 1.67. The minimum absolute atomic E-state index is 0.0268. The van der Waals surface area contributed by atoms with Crippen LogP contribution in [0.1, 0.15) is 31.4 Å². The number of nitrogens with two attached hydrogens (primary N) is 1. The highest BCUT2D eigenvalue weighted by atomic mass is 16.5. The molecule has 0 aliphatic carbocycles. The lowest BCUT2D eigenvalue weighted by atomic mass is 10.0. The van der Waals surface area contributed by atoms with Gasteiger partial charge in [0.2, 0.25) is 0 Å². The van der Waals surface area contributed by atoms with Crippen LogP contribution in [0.2, 0.25) is 0 Å². The zero-order chi connectivity index (χ0) is 12.0. The third kappa shape index (κ3) is 3.18. The van der Waals surface area contributed by atoms with E-state index in [9.17, 15) is 0 Å². The molecule has 1 aromatic heterocycles. The highest BCUT2D eigenvalue weighted by Gasteiger charge is 2.18. The van der Waals surface area contributed by atoms with E-state index in [0.29, 0.717) is 0 Å². The molecule has 2 unspecified atom stereocenters. The SMILES string of the molecule is CCCC(OC)C(N)c1cncc(OC)c1. The molecule has 2 N–H and O–H groups in total. The first-order valence-electron chi connectivity index (χ1n) is 5.50. The van der Waals surface area contributed by atoms with Gasteiger partial charge in [-0.3, -0.25) is 4.98 Å². The van der Waals surface area contributed by atoms with Gasteiger partial charge in [-0.1, -0.05) is 13.3 Å². The zero-order valence-corrected chi connectivity index (χ0v) is 10.1. The van der Waals surface area contributed by atoms with Crippen molar-refractivity contribution >= 4 is 0 Å². The molecule has 0 spiro atoms. The fourth-order valence-corrected chi connectivity index (χ4v) is 1.67. The first kappa shape index (κ1) is 12.9. The lowest BCUT2D eigenvalue weighted by Crippen LogP contribution is -2.28. The average molecular weight is 224 g/mol. The Morgan fingerprint density at radius 3 is 2.69 bits per heavy atom. The summed E-state index contributed by atoms with van der Waals surface area (Å²) < 4.78 is 10.5. The first-order valence-corrected chi connectivity index (χ1v) is 5.50. The molecule has 4 nitrogen and oxygen atoms in total. The molecule has 0 bridgehead atoms. The quantitative estimate of drug-likeness (QED) is 0.802. The van der Waals surface area contributed by atoms with Gasteiger partial charge in [0.1, 0.15) is 5.75 Å². The maximum Gasteiger partial charge on any atom is 0.137 e. The largest absolute Gasteiger partial charge is 0.495 e. The van der Waals surface area contributed by atoms with E-state index in [4.69, 9.17) is 15.2 Å². The molecule has 0 aliphatic heterocycles. The standard InChI is InChI=1S/C12H20N2O2/c1-4-5-11(16-3)12(13)9-6-10(15-2)8-14-7-9/h6-8,11-12H,4-5,13H2,1-3H3. The van der Waals surface area contributed by atoms with Gasteiger partial charge in [-0.2, -0.15) is 0 Å². The molecule has 0 aliphatic rings. The summed E-state index contributed by atoms with van der Waals surface area (Å²) in [6, 6.07) is 1.74. The van der Waals surface area contributed by atoms with E-state index >= 15 is 0 Å². The van der Waals surface area contributed by atoms with Gasteiger partial charge in [0.05, 0.1) is 25.5 Å². The molecule has 90 valence electrons. The monoisotopic (exact) mass is 224 g/mol. The average Bonchev–Trinajstić information content (AvgIpc) is 2.35. The molecule has 2 atom stereocenters. The van der Waals surface area contributed by atoms with Crippen molar-refractivity contribution in [1.29, 1.82) is 0 Å². The van der Waals surface area contributed by atoms with Gasteiger partial charge in [0.25, 0.3) is 0 Å². The summed E-state index contributed by atoms with van der Waals surface area (Å²) in [5.74, 6) is 0.722. The number of nitrogens with zero attached hydrogens (tertiary/aromatic N) is 1. The number of hydrogen-bond acceptors (Lipinski definition) is 4. The second kappa shape index (κ2) is 6.45. The second-order valence-corrected chi connectivity index (χ2v) is 3.75. The smallest absolute Gasteiger partial charge is 0.137 e. The third-order valence-corrected chi connectivity index (χ3v) is 2.63. The third-order valence-electron chi connectivity index (χ3n) is 2.63. The summed E-state index contributed by atoms with van der Waals surface area (Å²) in [5, 5.41) is 0. The number of rotatable bonds is 6. The Balaban J connectivity index is 2.80. The molecule has 0 amide bonds. The highest BCUT2D eigenvalue weighted by molar-refractivity contribution is 5.26. The van der Waals surface area contributed by atoms with Crippen molar-refractivity contribution in [2.24, 2.45) is 5.73 Å². The van der Waals surface area contributed by atoms with Crippen LogP contribution in [-0.2, 0) is 4.74 Å². The molecule has 1 rings (SSSR count). The molecule has 0 saturated carbocycles. The van der Waals surface area contributed by atoms with E-state index in [1.165, 1.54) is 0 Å². The van der Waals surface area contributed by atoms with Crippen LogP contribution < -0.4 is 10.5 Å². The van der Waals surface area contributed by atoms with E-state index in [-0.39, 0.29) is 12.1 Å². The number of pyridine rings is 1. The van der Waals surface area contributed by atoms with Gasteiger partial charge in [-0.05, 0) is 18.1 Å². The minimum Gasteiger partial charge on any atom is -0.495 e. The Bertz CT molecular complexity index is 318. The summed E-state index contributed by atoms with van der Waals surface area (Å²) in [6.07, 6.45) is 5.43. The number of methoxy groups -OCH3 is 2. The Kier molecular flexibility index (Phi) is 5.22. The number of aromatic nitrogens is 1. The van der Waals surface area contributed by atoms with Crippen molar-refractivity contribution in [1.82, 2.24) is 4.98 Å². The van der Waals surface area contributed by atoms with Crippen LogP contribution in [0, 0.1) is 0 Å². The Hall–Kier alpha value is -1.13. The summed E-state index contributed by atoms with van der Waals surface area (Å²) >= 11 is 0. The van der Waals surface area contributed by atoms with Crippen molar-refractivity contribution in [3.8, 4) is 5.75 Å². The van der Waals surface area contributed by atoms with Crippen LogP contribution in [0.3, 0.4) is 0 Å². The van der Waals surface area contributed by atoms with Gasteiger partial charge in [0, 0.05) is 13.3 Å². The summed E-state index contributed by atoms with van der Waals surface area (Å²) in [5.41, 5.74) is 7.08. The Morgan fingerprint density at radius 2 is 2.12 bits per heavy atom. The molecule has 0 saturated heterocycles. The molecule has 1 aromatic rings. The molecule has 0 radical (unpaired) electrons.